The van der Waals surface area contributed by atoms with Gasteiger partial charge < -0.3 is 10.6 Å². The summed E-state index contributed by atoms with van der Waals surface area (Å²) in [7, 11) is 0. The maximum atomic E-state index is 12.6. The molecular formula is C26H30N4O2. The van der Waals surface area contributed by atoms with Crippen molar-refractivity contribution in [1.29, 1.82) is 0 Å². The largest absolute Gasteiger partial charge is 0.326 e. The number of anilines is 2. The van der Waals surface area contributed by atoms with Gasteiger partial charge in [-0.25, -0.2) is 0 Å². The van der Waals surface area contributed by atoms with E-state index in [0.29, 0.717) is 24.3 Å². The highest BCUT2D eigenvalue weighted by Crippen LogP contribution is 2.21. The second-order valence-electron chi connectivity index (χ2n) is 7.98. The van der Waals surface area contributed by atoms with Gasteiger partial charge in [-0.15, -0.1) is 0 Å². The SMILES string of the molecule is CCC(=O)Nc1ccc(C)c(NC(=O)C=Cc2c(C)nn(Cc3ccc(C)cc3)c2C)c1. The zero-order valence-corrected chi connectivity index (χ0v) is 19.3. The van der Waals surface area contributed by atoms with E-state index in [4.69, 9.17) is 0 Å². The standard InChI is InChI=1S/C26H30N4O2/c1-6-25(31)27-22-12-9-18(3)24(15-22)28-26(32)14-13-23-19(4)29-30(20(23)5)16-21-10-7-17(2)8-11-21/h7-15H,6,16H2,1-5H3,(H,27,31)(H,28,32). The Bertz CT molecular complexity index is 1160. The molecule has 1 aromatic heterocycles. The lowest BCUT2D eigenvalue weighted by molar-refractivity contribution is -0.116. The molecule has 0 saturated heterocycles. The molecule has 0 saturated carbocycles. The van der Waals surface area contributed by atoms with E-state index in [-0.39, 0.29) is 11.8 Å². The number of amides is 2. The van der Waals surface area contributed by atoms with Gasteiger partial charge in [0.2, 0.25) is 11.8 Å². The van der Waals surface area contributed by atoms with Gasteiger partial charge in [0.1, 0.15) is 0 Å². The Balaban J connectivity index is 1.72. The van der Waals surface area contributed by atoms with Crippen molar-refractivity contribution in [3.05, 3.63) is 82.2 Å². The van der Waals surface area contributed by atoms with Crippen molar-refractivity contribution >= 4 is 29.3 Å². The first-order valence-electron chi connectivity index (χ1n) is 10.8. The summed E-state index contributed by atoms with van der Waals surface area (Å²) in [4.78, 5) is 24.2. The van der Waals surface area contributed by atoms with Gasteiger partial charge in [-0.2, -0.15) is 5.10 Å². The van der Waals surface area contributed by atoms with Crippen LogP contribution >= 0.6 is 0 Å². The van der Waals surface area contributed by atoms with Gasteiger partial charge in [-0.1, -0.05) is 42.8 Å². The summed E-state index contributed by atoms with van der Waals surface area (Å²) in [5, 5.41) is 10.4. The molecule has 6 nitrogen and oxygen atoms in total. The monoisotopic (exact) mass is 430 g/mol. The van der Waals surface area contributed by atoms with Crippen LogP contribution in [-0.2, 0) is 16.1 Å². The third kappa shape index (κ3) is 5.72. The molecule has 3 aromatic rings. The lowest BCUT2D eigenvalue weighted by Gasteiger charge is -2.10. The number of carbonyl (C=O) groups excluding carboxylic acids is 2. The van der Waals surface area contributed by atoms with E-state index in [1.54, 1.807) is 19.1 Å². The fraction of sp³-hybridized carbons (Fsp3) is 0.269. The van der Waals surface area contributed by atoms with Gasteiger partial charge in [-0.05, 0) is 57.0 Å². The van der Waals surface area contributed by atoms with Crippen LogP contribution in [0.4, 0.5) is 11.4 Å². The number of nitrogens with zero attached hydrogens (tertiary/aromatic N) is 2. The lowest BCUT2D eigenvalue weighted by atomic mass is 10.1. The number of benzene rings is 2. The third-order valence-corrected chi connectivity index (χ3v) is 5.39. The molecular weight excluding hydrogens is 400 g/mol. The lowest BCUT2D eigenvalue weighted by Crippen LogP contribution is -2.12. The Morgan fingerprint density at radius 2 is 1.72 bits per heavy atom. The predicted molar refractivity (Wildman–Crippen MR) is 130 cm³/mol. The smallest absolute Gasteiger partial charge is 0.248 e. The quantitative estimate of drug-likeness (QED) is 0.508. The number of hydrogen-bond donors (Lipinski definition) is 2. The topological polar surface area (TPSA) is 76.0 Å². The van der Waals surface area contributed by atoms with Crippen molar-refractivity contribution in [3.8, 4) is 0 Å². The van der Waals surface area contributed by atoms with Crippen LogP contribution in [0.1, 0.15) is 47.0 Å². The molecule has 0 radical (unpaired) electrons. The first kappa shape index (κ1) is 23.0. The molecule has 2 amide bonds. The Morgan fingerprint density at radius 1 is 1.00 bits per heavy atom. The minimum Gasteiger partial charge on any atom is -0.326 e. The summed E-state index contributed by atoms with van der Waals surface area (Å²) in [6, 6.07) is 13.9. The normalized spacial score (nSPS) is 11.0. The van der Waals surface area contributed by atoms with Gasteiger partial charge >= 0.3 is 0 Å². The molecule has 0 spiro atoms. The second-order valence-corrected chi connectivity index (χ2v) is 7.98. The van der Waals surface area contributed by atoms with Crippen LogP contribution in [0.25, 0.3) is 6.08 Å². The Morgan fingerprint density at radius 3 is 2.41 bits per heavy atom. The molecule has 32 heavy (non-hydrogen) atoms. The Labute approximate surface area is 189 Å². The van der Waals surface area contributed by atoms with Crippen molar-refractivity contribution in [2.45, 2.75) is 47.6 Å². The average molecular weight is 431 g/mol. The summed E-state index contributed by atoms with van der Waals surface area (Å²) >= 11 is 0. The first-order chi connectivity index (χ1) is 15.3. The summed E-state index contributed by atoms with van der Waals surface area (Å²) in [5.41, 5.74) is 7.47. The average Bonchev–Trinajstić information content (AvgIpc) is 3.03. The van der Waals surface area contributed by atoms with Gasteiger partial charge in [0.15, 0.2) is 0 Å². The number of rotatable bonds is 7. The number of aromatic nitrogens is 2. The molecule has 3 rings (SSSR count). The zero-order chi connectivity index (χ0) is 23.3. The number of hydrogen-bond acceptors (Lipinski definition) is 3. The molecule has 1 heterocycles. The Kier molecular flexibility index (Phi) is 7.25. The van der Waals surface area contributed by atoms with E-state index >= 15 is 0 Å². The van der Waals surface area contributed by atoms with Gasteiger partial charge in [0.25, 0.3) is 0 Å². The van der Waals surface area contributed by atoms with Crippen molar-refractivity contribution in [2.24, 2.45) is 0 Å². The minimum atomic E-state index is -0.239. The van der Waals surface area contributed by atoms with Gasteiger partial charge in [0, 0.05) is 35.1 Å². The van der Waals surface area contributed by atoms with Crippen LogP contribution in [0.5, 0.6) is 0 Å². The molecule has 2 aromatic carbocycles. The van der Waals surface area contributed by atoms with Crippen LogP contribution < -0.4 is 10.6 Å². The highest BCUT2D eigenvalue weighted by atomic mass is 16.2. The maximum Gasteiger partial charge on any atom is 0.248 e. The predicted octanol–water partition coefficient (Wildman–Crippen LogP) is 5.17. The molecule has 6 heteroatoms. The zero-order valence-electron chi connectivity index (χ0n) is 19.3. The minimum absolute atomic E-state index is 0.0698. The van der Waals surface area contributed by atoms with Crippen molar-refractivity contribution in [3.63, 3.8) is 0 Å². The highest BCUT2D eigenvalue weighted by Gasteiger charge is 2.11. The summed E-state index contributed by atoms with van der Waals surface area (Å²) in [6.07, 6.45) is 3.72. The molecule has 2 N–H and O–H groups in total. The van der Waals surface area contributed by atoms with Crippen molar-refractivity contribution in [2.75, 3.05) is 10.6 Å². The summed E-state index contributed by atoms with van der Waals surface area (Å²) in [5.74, 6) is -0.309. The molecule has 0 aliphatic heterocycles. The second kappa shape index (κ2) is 10.1. The molecule has 0 bridgehead atoms. The van der Waals surface area contributed by atoms with Crippen molar-refractivity contribution < 1.29 is 9.59 Å². The van der Waals surface area contributed by atoms with E-state index in [1.165, 1.54) is 17.2 Å². The number of carbonyl (C=O) groups is 2. The molecule has 0 fully saturated rings. The summed E-state index contributed by atoms with van der Waals surface area (Å²) < 4.78 is 1.96. The molecule has 0 aliphatic rings. The van der Waals surface area contributed by atoms with E-state index in [1.807, 2.05) is 37.6 Å². The fourth-order valence-corrected chi connectivity index (χ4v) is 3.39. The van der Waals surface area contributed by atoms with Crippen LogP contribution in [0.3, 0.4) is 0 Å². The highest BCUT2D eigenvalue weighted by molar-refractivity contribution is 6.03. The molecule has 0 unspecified atom stereocenters. The van der Waals surface area contributed by atoms with Crippen LogP contribution in [0, 0.1) is 27.7 Å². The van der Waals surface area contributed by atoms with E-state index in [9.17, 15) is 9.59 Å². The van der Waals surface area contributed by atoms with Crippen LogP contribution in [0.15, 0.2) is 48.5 Å². The fourth-order valence-electron chi connectivity index (χ4n) is 3.39. The summed E-state index contributed by atoms with van der Waals surface area (Å²) in [6.45, 7) is 10.4. The van der Waals surface area contributed by atoms with Gasteiger partial charge in [0.05, 0.1) is 12.2 Å². The van der Waals surface area contributed by atoms with E-state index in [2.05, 4.69) is 46.9 Å². The molecule has 166 valence electrons. The van der Waals surface area contributed by atoms with Crippen LogP contribution in [0.2, 0.25) is 0 Å². The molecule has 0 atom stereocenters. The van der Waals surface area contributed by atoms with Gasteiger partial charge in [-0.3, -0.25) is 14.3 Å². The third-order valence-electron chi connectivity index (χ3n) is 5.39. The van der Waals surface area contributed by atoms with E-state index < -0.39 is 0 Å². The maximum absolute atomic E-state index is 12.6. The number of aryl methyl sites for hydroxylation is 3. The van der Waals surface area contributed by atoms with Crippen molar-refractivity contribution in [1.82, 2.24) is 9.78 Å². The van der Waals surface area contributed by atoms with Crippen LogP contribution in [-0.4, -0.2) is 21.6 Å². The first-order valence-corrected chi connectivity index (χ1v) is 10.8. The number of nitrogens with one attached hydrogen (secondary N) is 2. The molecule has 0 aliphatic carbocycles. The van der Waals surface area contributed by atoms with E-state index in [0.717, 1.165) is 22.5 Å². The Hall–Kier alpha value is -3.67.